The standard InChI is InChI=1S/2C16H25N5O3.C14H23N5O2.C12H20N2O2.C10H20N2O2.CH4.ClH/c2*1-12(22)19-14(21-8-5-7-18-21)20-9-6-13(11-20)10-17-15(23)24-16(2,3)4;1-14(2,3)21-13(20)16-9-11-5-8-18(10-11)12(15)19-7-4-6-17-19;1-12(2,3)16-11(15)14-8-9-5-6-10(7-9)13-4;1-10(2,3)14-9(13)12-7-8-4-5-11-6-8;;/h2*5,7-8,13H,6,9-11H2,1-4H3,(H,17,23);4,6-7,11,15H,5,8-10H2,1-3H3,(H,16,20);9-10H,5-8H2,1-3H3,(H,14,15);8,11H,4-7H2,1-3H3,(H,12,13);1H4;1H. The maximum absolute atomic E-state index is 11.7. The van der Waals surface area contributed by atoms with Crippen LogP contribution in [-0.4, -0.2) is 223 Å². The lowest BCUT2D eigenvalue weighted by atomic mass is 10.1. The van der Waals surface area contributed by atoms with Gasteiger partial charge in [0.25, 0.3) is 0 Å². The molecule has 31 nitrogen and oxygen atoms in total. The zero-order chi connectivity index (χ0) is 73.7. The highest BCUT2D eigenvalue weighted by molar-refractivity contribution is 5.94. The molecule has 8 rings (SSSR count). The van der Waals surface area contributed by atoms with Gasteiger partial charge in [0, 0.05) is 136 Å². The summed E-state index contributed by atoms with van der Waals surface area (Å²) in [5.74, 6) is 2.74. The topological polar surface area (TPSA) is 354 Å². The van der Waals surface area contributed by atoms with Crippen molar-refractivity contribution in [3.05, 3.63) is 66.8 Å². The monoisotopic (exact) mass is 1440 g/mol. The minimum Gasteiger partial charge on any atom is -0.444 e. The summed E-state index contributed by atoms with van der Waals surface area (Å²) < 4.78 is 30.7. The van der Waals surface area contributed by atoms with Crippen molar-refractivity contribution in [2.24, 2.45) is 39.6 Å². The molecule has 101 heavy (non-hydrogen) atoms. The molecule has 0 bridgehead atoms. The fourth-order valence-corrected chi connectivity index (χ4v) is 10.6. The molecule has 5 fully saturated rings. The summed E-state index contributed by atoms with van der Waals surface area (Å²) >= 11 is 0. The molecule has 32 heteroatoms. The third-order valence-electron chi connectivity index (χ3n) is 14.9. The van der Waals surface area contributed by atoms with Crippen molar-refractivity contribution in [3.63, 3.8) is 0 Å². The number of nitrogens with one attached hydrogen (secondary N) is 7. The van der Waals surface area contributed by atoms with Crippen LogP contribution in [0, 0.1) is 41.6 Å². The highest BCUT2D eigenvalue weighted by atomic mass is 35.5. The molecule has 0 aromatic carbocycles. The van der Waals surface area contributed by atoms with Crippen molar-refractivity contribution in [1.82, 2.24) is 75.9 Å². The van der Waals surface area contributed by atoms with Gasteiger partial charge >= 0.3 is 30.5 Å². The number of nitrogens with zero attached hydrogens (tertiary/aromatic N) is 12. The van der Waals surface area contributed by atoms with Crippen molar-refractivity contribution < 1.29 is 57.2 Å². The lowest BCUT2D eigenvalue weighted by Gasteiger charge is -2.21. The molecule has 3 aromatic rings. The summed E-state index contributed by atoms with van der Waals surface area (Å²) in [6.45, 7) is 46.9. The van der Waals surface area contributed by atoms with Gasteiger partial charge in [-0.2, -0.15) is 25.3 Å². The fourth-order valence-electron chi connectivity index (χ4n) is 10.6. The molecular weight excluding hydrogens is 1320 g/mol. The number of hydrogen-bond acceptors (Lipinski definition) is 17. The first-order valence-corrected chi connectivity index (χ1v) is 34.1. The van der Waals surface area contributed by atoms with Crippen LogP contribution in [0.2, 0.25) is 0 Å². The largest absolute Gasteiger partial charge is 0.444 e. The molecule has 3 aromatic heterocycles. The number of carbonyl (C=O) groups is 7. The first kappa shape index (κ1) is 88.6. The molecule has 1 saturated carbocycles. The molecule has 4 aliphatic heterocycles. The van der Waals surface area contributed by atoms with Crippen LogP contribution in [-0.2, 0) is 33.3 Å². The molecule has 7 heterocycles. The van der Waals surface area contributed by atoms with Gasteiger partial charge in [-0.15, -0.1) is 12.4 Å². The van der Waals surface area contributed by atoms with E-state index >= 15 is 0 Å². The normalized spacial score (nSPS) is 19.7. The first-order valence-electron chi connectivity index (χ1n) is 34.1. The highest BCUT2D eigenvalue weighted by Gasteiger charge is 2.32. The molecule has 1 aliphatic carbocycles. The molecule has 5 aliphatic rings. The molecular formula is C69H118ClN19O12. The number of rotatable bonds is 10. The summed E-state index contributed by atoms with van der Waals surface area (Å²) in [5.41, 5.74) is -2.34. The van der Waals surface area contributed by atoms with E-state index in [-0.39, 0.29) is 67.8 Å². The predicted octanol–water partition coefficient (Wildman–Crippen LogP) is 9.25. The first-order chi connectivity index (χ1) is 46.2. The zero-order valence-electron chi connectivity index (χ0n) is 62.0. The third-order valence-corrected chi connectivity index (χ3v) is 14.9. The van der Waals surface area contributed by atoms with Gasteiger partial charge in [0.15, 0.2) is 0 Å². The van der Waals surface area contributed by atoms with E-state index in [0.717, 1.165) is 84.2 Å². The van der Waals surface area contributed by atoms with Gasteiger partial charge in [0.05, 0.1) is 0 Å². The highest BCUT2D eigenvalue weighted by Crippen LogP contribution is 2.27. The number of amides is 7. The number of alkyl carbamates (subject to hydrolysis) is 5. The number of carbonyl (C=O) groups excluding carboxylic acids is 7. The molecule has 6 atom stereocenters. The Labute approximate surface area is 604 Å². The number of halogens is 1. The number of ether oxygens (including phenoxy) is 5. The van der Waals surface area contributed by atoms with E-state index in [1.165, 1.54) is 13.8 Å². The van der Waals surface area contributed by atoms with Crippen LogP contribution in [0.3, 0.4) is 0 Å². The van der Waals surface area contributed by atoms with Crippen molar-refractivity contribution in [2.75, 3.05) is 85.1 Å². The van der Waals surface area contributed by atoms with E-state index in [4.69, 9.17) is 35.7 Å². The lowest BCUT2D eigenvalue weighted by molar-refractivity contribution is -0.116. The Kier molecular flexibility index (Phi) is 36.8. The van der Waals surface area contributed by atoms with Crippen LogP contribution >= 0.6 is 12.4 Å². The molecule has 4 saturated heterocycles. The summed E-state index contributed by atoms with van der Waals surface area (Å²) in [5, 5.41) is 37.6. The fraction of sp³-hybridized carbons (Fsp3) is 0.710. The van der Waals surface area contributed by atoms with E-state index in [1.807, 2.05) is 119 Å². The van der Waals surface area contributed by atoms with Gasteiger partial charge in [-0.3, -0.25) is 15.0 Å². The Morgan fingerprint density at radius 3 is 1.09 bits per heavy atom. The average Bonchev–Trinajstić information content (AvgIpc) is 1.72. The van der Waals surface area contributed by atoms with Crippen LogP contribution in [0.5, 0.6) is 0 Å². The third kappa shape index (κ3) is 37.6. The summed E-state index contributed by atoms with van der Waals surface area (Å²) in [6.07, 6.45) is 15.1. The van der Waals surface area contributed by atoms with Gasteiger partial charge in [0.2, 0.25) is 35.7 Å². The Morgan fingerprint density at radius 2 is 0.802 bits per heavy atom. The molecule has 568 valence electrons. The van der Waals surface area contributed by atoms with Crippen LogP contribution < -0.4 is 31.9 Å². The van der Waals surface area contributed by atoms with Gasteiger partial charge in [-0.05, 0) is 197 Å². The predicted molar refractivity (Wildman–Crippen MR) is 390 cm³/mol. The lowest BCUT2D eigenvalue weighted by Crippen LogP contribution is -2.38. The summed E-state index contributed by atoms with van der Waals surface area (Å²) in [7, 11) is 0. The van der Waals surface area contributed by atoms with E-state index in [0.29, 0.717) is 81.4 Å². The number of aliphatic imine (C=N–C) groups is 2. The van der Waals surface area contributed by atoms with E-state index in [1.54, 1.807) is 69.4 Å². The van der Waals surface area contributed by atoms with Crippen LogP contribution in [0.1, 0.15) is 170 Å². The molecule has 7 amide bonds. The Morgan fingerprint density at radius 1 is 0.485 bits per heavy atom. The molecule has 7 N–H and O–H groups in total. The van der Waals surface area contributed by atoms with E-state index in [9.17, 15) is 33.6 Å². The number of likely N-dealkylation sites (tertiary alicyclic amines) is 3. The summed E-state index contributed by atoms with van der Waals surface area (Å²) in [6, 6.07) is 5.53. The second-order valence-corrected chi connectivity index (χ2v) is 30.1. The molecule has 0 radical (unpaired) electrons. The average molecular weight is 1440 g/mol. The van der Waals surface area contributed by atoms with Crippen LogP contribution in [0.4, 0.5) is 24.0 Å². The van der Waals surface area contributed by atoms with Crippen molar-refractivity contribution in [2.45, 2.75) is 204 Å². The van der Waals surface area contributed by atoms with Gasteiger partial charge in [0.1, 0.15) is 28.0 Å². The van der Waals surface area contributed by atoms with Crippen molar-refractivity contribution in [1.29, 1.82) is 5.41 Å². The Balaban J connectivity index is 0.000000433. The zero-order valence-corrected chi connectivity index (χ0v) is 62.8. The van der Waals surface area contributed by atoms with E-state index < -0.39 is 40.2 Å². The van der Waals surface area contributed by atoms with E-state index in [2.05, 4.69) is 62.0 Å². The second-order valence-electron chi connectivity index (χ2n) is 30.1. The van der Waals surface area contributed by atoms with Gasteiger partial charge in [-0.25, -0.2) is 44.6 Å². The van der Waals surface area contributed by atoms with Crippen molar-refractivity contribution in [3.8, 4) is 0 Å². The Bertz CT molecular complexity index is 3010. The number of hydrogen-bond donors (Lipinski definition) is 7. The maximum atomic E-state index is 11.7. The molecule has 6 unspecified atom stereocenters. The SMILES string of the molecule is C.CC(=O)N=C(N1CCC(CNC(=O)OC(C)(C)C)C1)n1cccn1.CC(=O)N=C(N1CCC(CNC(=O)OC(C)(C)C)C1)n1cccn1.CC(C)(C)OC(=O)NCC1CCN(C(=N)n2cccn2)C1.CC(C)(C)OC(=O)NCC1CCNC1.Cl.[C-]#[N+]C1CCC(CNC(=O)OC(C)(C)C)C1. The summed E-state index contributed by atoms with van der Waals surface area (Å²) in [4.78, 5) is 98.2. The van der Waals surface area contributed by atoms with Gasteiger partial charge < -0.3 is 75.1 Å². The minimum atomic E-state index is -0.507. The molecule has 0 spiro atoms. The van der Waals surface area contributed by atoms with Gasteiger partial charge in [-0.1, -0.05) is 7.43 Å². The van der Waals surface area contributed by atoms with Crippen LogP contribution in [0.15, 0.2) is 65.4 Å². The Hall–Kier alpha value is -8.53. The van der Waals surface area contributed by atoms with Crippen LogP contribution in [0.25, 0.3) is 4.85 Å². The minimum absolute atomic E-state index is 0. The number of aromatic nitrogens is 6. The quantitative estimate of drug-likeness (QED) is 0.0430. The van der Waals surface area contributed by atoms with Crippen molar-refractivity contribution >= 4 is 72.6 Å². The second kappa shape index (κ2) is 42.0. The smallest absolute Gasteiger partial charge is 0.407 e. The maximum Gasteiger partial charge on any atom is 0.407 e.